The Bertz CT molecular complexity index is 2150. The molecule has 0 aliphatic heterocycles. The SMILES string of the molecule is Cc1cc(-c2[c-]cccc2)ncc1[Si](C)(C)C.[Ir].[c-]1ccc2c(sc3cccc(-c4ccccc4)c32)c1-c1nccc2c1CCCC2. The van der Waals surface area contributed by atoms with Crippen molar-refractivity contribution in [2.75, 3.05) is 0 Å². The molecule has 0 saturated carbocycles. The molecule has 4 aromatic carbocycles. The Morgan fingerprint density at radius 2 is 1.60 bits per heavy atom. The van der Waals surface area contributed by atoms with Crippen LogP contribution in [0, 0.1) is 19.1 Å². The number of aromatic nitrogens is 2. The van der Waals surface area contributed by atoms with Gasteiger partial charge >= 0.3 is 0 Å². The van der Waals surface area contributed by atoms with E-state index in [1.165, 1.54) is 78.0 Å². The van der Waals surface area contributed by atoms with Crippen LogP contribution in [0.15, 0.2) is 109 Å². The molecule has 0 spiro atoms. The Hall–Kier alpha value is -3.73. The molecule has 2 nitrogen and oxygen atoms in total. The zero-order chi connectivity index (χ0) is 31.7. The summed E-state index contributed by atoms with van der Waals surface area (Å²) in [4.78, 5) is 9.42. The Morgan fingerprint density at radius 3 is 2.36 bits per heavy atom. The standard InChI is InChI=1S/C27H20NS.C15H18NSi.Ir/c1-2-8-18(9-3-1)20-12-7-15-24-25(20)22-13-6-14-23(27(22)29-24)26-21-11-5-4-10-19(21)16-17-28-26;1-12-10-14(13-8-6-5-7-9-13)16-11-15(12)17(2,3)4;/h1-3,6-9,12-13,15-17H,4-5,10-11H2;5-8,10-11H,1-4H3;/q2*-1;. The van der Waals surface area contributed by atoms with Crippen LogP contribution in [0.25, 0.3) is 53.8 Å². The van der Waals surface area contributed by atoms with Gasteiger partial charge in [-0.15, -0.1) is 59.7 Å². The summed E-state index contributed by atoms with van der Waals surface area (Å²) in [5, 5.41) is 4.10. The van der Waals surface area contributed by atoms with Gasteiger partial charge in [0, 0.05) is 37.2 Å². The third-order valence-electron chi connectivity index (χ3n) is 8.96. The molecule has 5 heteroatoms. The monoisotopic (exact) mass is 823 g/mol. The van der Waals surface area contributed by atoms with Gasteiger partial charge in [-0.25, -0.2) is 0 Å². The molecular formula is C42H38IrN2SSi-2. The number of aryl methyl sites for hydroxylation is 2. The van der Waals surface area contributed by atoms with E-state index >= 15 is 0 Å². The topological polar surface area (TPSA) is 25.8 Å². The predicted molar refractivity (Wildman–Crippen MR) is 200 cm³/mol. The summed E-state index contributed by atoms with van der Waals surface area (Å²) in [6, 6.07) is 40.8. The second kappa shape index (κ2) is 14.2. The summed E-state index contributed by atoms with van der Waals surface area (Å²) in [5.41, 5.74) is 11.2. The number of nitrogens with zero attached hydrogens (tertiary/aromatic N) is 2. The summed E-state index contributed by atoms with van der Waals surface area (Å²) in [5.74, 6) is 0. The first-order valence-electron chi connectivity index (χ1n) is 16.2. The summed E-state index contributed by atoms with van der Waals surface area (Å²) >= 11 is 1.87. The normalized spacial score (nSPS) is 12.6. The van der Waals surface area contributed by atoms with Crippen LogP contribution in [0.4, 0.5) is 0 Å². The Morgan fingerprint density at radius 1 is 0.787 bits per heavy atom. The van der Waals surface area contributed by atoms with E-state index in [1.807, 2.05) is 35.7 Å². The molecule has 0 atom stereocenters. The van der Waals surface area contributed by atoms with Gasteiger partial charge in [0.1, 0.15) is 0 Å². The maximum absolute atomic E-state index is 4.84. The van der Waals surface area contributed by atoms with Crippen LogP contribution in [-0.4, -0.2) is 18.0 Å². The van der Waals surface area contributed by atoms with E-state index in [1.54, 1.807) is 0 Å². The molecule has 8 rings (SSSR count). The average molecular weight is 823 g/mol. The van der Waals surface area contributed by atoms with Crippen LogP contribution in [0.1, 0.15) is 29.5 Å². The number of fused-ring (bicyclic) bond motifs is 4. The first-order chi connectivity index (χ1) is 22.4. The van der Waals surface area contributed by atoms with Crippen molar-refractivity contribution in [2.24, 2.45) is 0 Å². The second-order valence-electron chi connectivity index (χ2n) is 13.2. The molecule has 47 heavy (non-hydrogen) atoms. The molecule has 0 fully saturated rings. The average Bonchev–Trinajstić information content (AvgIpc) is 3.48. The van der Waals surface area contributed by atoms with Crippen LogP contribution in [0.2, 0.25) is 19.6 Å². The maximum atomic E-state index is 4.84. The summed E-state index contributed by atoms with van der Waals surface area (Å²) in [6.45, 7) is 9.24. The minimum Gasteiger partial charge on any atom is -0.305 e. The minimum absolute atomic E-state index is 0. The van der Waals surface area contributed by atoms with Crippen molar-refractivity contribution in [3.63, 3.8) is 0 Å². The third kappa shape index (κ3) is 6.82. The zero-order valence-electron chi connectivity index (χ0n) is 27.4. The first kappa shape index (κ1) is 33.2. The van der Waals surface area contributed by atoms with Gasteiger partial charge in [-0.2, -0.15) is 11.3 Å². The fraction of sp³-hybridized carbons (Fsp3) is 0.190. The van der Waals surface area contributed by atoms with Crippen molar-refractivity contribution < 1.29 is 20.1 Å². The number of hydrogen-bond acceptors (Lipinski definition) is 3. The van der Waals surface area contributed by atoms with E-state index in [-0.39, 0.29) is 20.1 Å². The van der Waals surface area contributed by atoms with E-state index in [0.29, 0.717) is 0 Å². The van der Waals surface area contributed by atoms with Crippen molar-refractivity contribution in [1.82, 2.24) is 9.97 Å². The third-order valence-corrected chi connectivity index (χ3v) is 12.3. The van der Waals surface area contributed by atoms with E-state index in [4.69, 9.17) is 4.98 Å². The number of hydrogen-bond donors (Lipinski definition) is 0. The molecule has 7 aromatic rings. The summed E-state index contributed by atoms with van der Waals surface area (Å²) < 4.78 is 2.63. The van der Waals surface area contributed by atoms with Gasteiger partial charge in [0.2, 0.25) is 0 Å². The van der Waals surface area contributed by atoms with E-state index in [2.05, 4.69) is 129 Å². The Kier molecular flexibility index (Phi) is 10.0. The van der Waals surface area contributed by atoms with Crippen molar-refractivity contribution in [2.45, 2.75) is 52.2 Å². The van der Waals surface area contributed by atoms with Gasteiger partial charge in [0.05, 0.1) is 8.07 Å². The van der Waals surface area contributed by atoms with Crippen molar-refractivity contribution in [3.05, 3.63) is 138 Å². The maximum Gasteiger partial charge on any atom is 0.0798 e. The minimum atomic E-state index is -1.27. The quantitative estimate of drug-likeness (QED) is 0.131. The Balaban J connectivity index is 0.000000185. The van der Waals surface area contributed by atoms with Crippen molar-refractivity contribution in [1.29, 1.82) is 0 Å². The Labute approximate surface area is 297 Å². The number of rotatable bonds is 4. The largest absolute Gasteiger partial charge is 0.305 e. The molecule has 1 radical (unpaired) electrons. The number of pyridine rings is 2. The van der Waals surface area contributed by atoms with Gasteiger partial charge in [-0.1, -0.05) is 90.2 Å². The molecule has 3 aromatic heterocycles. The van der Waals surface area contributed by atoms with Gasteiger partial charge in [-0.3, -0.25) is 0 Å². The molecule has 1 aliphatic rings. The zero-order valence-corrected chi connectivity index (χ0v) is 31.6. The van der Waals surface area contributed by atoms with Crippen LogP contribution in [-0.2, 0) is 32.9 Å². The number of thiophene rings is 1. The molecule has 237 valence electrons. The number of benzene rings is 4. The fourth-order valence-electron chi connectivity index (χ4n) is 6.74. The van der Waals surface area contributed by atoms with Gasteiger partial charge in [0.15, 0.2) is 0 Å². The second-order valence-corrected chi connectivity index (χ2v) is 19.2. The molecule has 0 bridgehead atoms. The molecule has 1 aliphatic carbocycles. The van der Waals surface area contributed by atoms with Crippen LogP contribution in [0.5, 0.6) is 0 Å². The fourth-order valence-corrected chi connectivity index (χ4v) is 9.68. The molecule has 0 amide bonds. The summed E-state index contributed by atoms with van der Waals surface area (Å²) in [6.07, 6.45) is 8.88. The molecule has 0 unspecified atom stereocenters. The van der Waals surface area contributed by atoms with Crippen LogP contribution < -0.4 is 5.19 Å². The van der Waals surface area contributed by atoms with Crippen LogP contribution in [0.3, 0.4) is 0 Å². The van der Waals surface area contributed by atoms with Gasteiger partial charge in [-0.05, 0) is 82.5 Å². The van der Waals surface area contributed by atoms with E-state index < -0.39 is 8.07 Å². The van der Waals surface area contributed by atoms with Crippen molar-refractivity contribution >= 4 is 44.8 Å². The van der Waals surface area contributed by atoms with E-state index in [9.17, 15) is 0 Å². The van der Waals surface area contributed by atoms with Gasteiger partial charge in [0.25, 0.3) is 0 Å². The first-order valence-corrected chi connectivity index (χ1v) is 20.5. The van der Waals surface area contributed by atoms with Crippen LogP contribution >= 0.6 is 11.3 Å². The van der Waals surface area contributed by atoms with E-state index in [0.717, 1.165) is 23.4 Å². The predicted octanol–water partition coefficient (Wildman–Crippen LogP) is 10.9. The van der Waals surface area contributed by atoms with Crippen molar-refractivity contribution in [3.8, 4) is 33.6 Å². The smallest absolute Gasteiger partial charge is 0.0798 e. The van der Waals surface area contributed by atoms with Gasteiger partial charge < -0.3 is 9.97 Å². The summed E-state index contributed by atoms with van der Waals surface area (Å²) in [7, 11) is -1.27. The molecule has 3 heterocycles. The molecule has 0 N–H and O–H groups in total. The molecule has 0 saturated heterocycles. The molecular weight excluding hydrogens is 785 g/mol.